The molecule has 2 aliphatic rings. The highest BCUT2D eigenvalue weighted by Crippen LogP contribution is 2.32. The summed E-state index contributed by atoms with van der Waals surface area (Å²) in [4.78, 5) is 15.3. The van der Waals surface area contributed by atoms with Gasteiger partial charge in [0.05, 0.1) is 5.56 Å². The maximum Gasteiger partial charge on any atom is 0.252 e. The monoisotopic (exact) mass is 379 g/mol. The van der Waals surface area contributed by atoms with Crippen molar-refractivity contribution in [3.05, 3.63) is 64.6 Å². The molecule has 28 heavy (non-hydrogen) atoms. The van der Waals surface area contributed by atoms with Gasteiger partial charge in [0.15, 0.2) is 0 Å². The van der Waals surface area contributed by atoms with Crippen molar-refractivity contribution in [3.8, 4) is 5.75 Å². The van der Waals surface area contributed by atoms with Gasteiger partial charge in [0.1, 0.15) is 18.2 Å². The molecule has 0 unspecified atom stereocenters. The molecule has 2 aliphatic heterocycles. The number of halogens is 1. The van der Waals surface area contributed by atoms with E-state index in [1.165, 1.54) is 6.07 Å². The van der Waals surface area contributed by atoms with Crippen LogP contribution in [0.4, 0.5) is 4.39 Å². The number of rotatable bonds is 5. The number of carbonyl (C=O) groups excluding carboxylic acids is 1. The van der Waals surface area contributed by atoms with Gasteiger partial charge in [-0.05, 0) is 61.2 Å². The first-order valence-electron chi connectivity index (χ1n) is 9.73. The number of hydrogen-bond donors (Lipinski definition) is 3. The van der Waals surface area contributed by atoms with Gasteiger partial charge in [-0.2, -0.15) is 0 Å². The molecule has 5 nitrogen and oxygen atoms in total. The Morgan fingerprint density at radius 1 is 1.25 bits per heavy atom. The highest BCUT2D eigenvalue weighted by Gasteiger charge is 2.29. The highest BCUT2D eigenvalue weighted by atomic mass is 19.1. The van der Waals surface area contributed by atoms with E-state index in [1.807, 2.05) is 18.3 Å². The van der Waals surface area contributed by atoms with Gasteiger partial charge >= 0.3 is 0 Å². The van der Waals surface area contributed by atoms with Crippen LogP contribution in [0.1, 0.15) is 33.5 Å². The molecule has 0 fully saturated rings. The number of aromatic amines is 1. The fourth-order valence-corrected chi connectivity index (χ4v) is 4.28. The standard InChI is InChI=1S/C22H22FN3O2/c23-15-4-5-19-17(8-15)13(10-25-19)2-1-7-24-16-9-18-20(28-12-16)6-3-14-11-26-22(27)21(14)18/h3-6,8,10,16,24-25H,1-2,7,9,11-12H2,(H,26,27)/t16-/m0/s1. The molecule has 0 saturated carbocycles. The van der Waals surface area contributed by atoms with Crippen molar-refractivity contribution in [2.24, 2.45) is 0 Å². The van der Waals surface area contributed by atoms with E-state index >= 15 is 0 Å². The highest BCUT2D eigenvalue weighted by molar-refractivity contribution is 6.00. The minimum Gasteiger partial charge on any atom is -0.492 e. The molecule has 0 spiro atoms. The molecular formula is C22H22FN3O2. The second-order valence-corrected chi connectivity index (χ2v) is 7.53. The van der Waals surface area contributed by atoms with E-state index in [2.05, 4.69) is 15.6 Å². The van der Waals surface area contributed by atoms with E-state index in [1.54, 1.807) is 12.1 Å². The minimum absolute atomic E-state index is 0.00247. The lowest BCUT2D eigenvalue weighted by atomic mass is 9.94. The second kappa shape index (κ2) is 6.95. The SMILES string of the molecule is O=C1NCc2ccc3c(c21)C[C@H](NCCCc1c[nH]c2ccc(F)cc12)CO3. The number of fused-ring (bicyclic) bond motifs is 4. The van der Waals surface area contributed by atoms with Crippen molar-refractivity contribution in [1.82, 2.24) is 15.6 Å². The molecule has 0 aliphatic carbocycles. The lowest BCUT2D eigenvalue weighted by Crippen LogP contribution is -2.40. The van der Waals surface area contributed by atoms with Crippen LogP contribution in [0.15, 0.2) is 36.5 Å². The van der Waals surface area contributed by atoms with Crippen LogP contribution in [0.5, 0.6) is 5.75 Å². The van der Waals surface area contributed by atoms with Crippen molar-refractivity contribution < 1.29 is 13.9 Å². The molecule has 0 radical (unpaired) electrons. The Morgan fingerprint density at radius 3 is 3.11 bits per heavy atom. The molecule has 1 amide bonds. The van der Waals surface area contributed by atoms with Crippen LogP contribution in [-0.4, -0.2) is 30.1 Å². The van der Waals surface area contributed by atoms with Crippen LogP contribution in [-0.2, 0) is 19.4 Å². The van der Waals surface area contributed by atoms with Crippen LogP contribution in [0.25, 0.3) is 10.9 Å². The van der Waals surface area contributed by atoms with E-state index < -0.39 is 0 Å². The summed E-state index contributed by atoms with van der Waals surface area (Å²) in [5.74, 6) is 0.624. The summed E-state index contributed by atoms with van der Waals surface area (Å²) < 4.78 is 19.4. The van der Waals surface area contributed by atoms with Crippen LogP contribution in [0, 0.1) is 5.82 Å². The number of carbonyl (C=O) groups is 1. The Balaban J connectivity index is 1.20. The number of nitrogens with one attached hydrogen (secondary N) is 3. The van der Waals surface area contributed by atoms with Crippen LogP contribution < -0.4 is 15.4 Å². The summed E-state index contributed by atoms with van der Waals surface area (Å²) in [6.07, 6.45) is 4.58. The molecule has 3 aromatic rings. The molecular weight excluding hydrogens is 357 g/mol. The zero-order valence-corrected chi connectivity index (χ0v) is 15.5. The number of aromatic nitrogens is 1. The predicted molar refractivity (Wildman–Crippen MR) is 105 cm³/mol. The molecule has 3 N–H and O–H groups in total. The summed E-state index contributed by atoms with van der Waals surface area (Å²) in [5, 5.41) is 7.40. The zero-order valence-electron chi connectivity index (χ0n) is 15.5. The fourth-order valence-electron chi connectivity index (χ4n) is 4.28. The lowest BCUT2D eigenvalue weighted by Gasteiger charge is -2.27. The quantitative estimate of drug-likeness (QED) is 0.597. The van der Waals surface area contributed by atoms with Gasteiger partial charge in [-0.25, -0.2) is 4.39 Å². The van der Waals surface area contributed by atoms with Crippen molar-refractivity contribution >= 4 is 16.8 Å². The van der Waals surface area contributed by atoms with Crippen LogP contribution in [0.2, 0.25) is 0 Å². The van der Waals surface area contributed by atoms with Crippen molar-refractivity contribution in [3.63, 3.8) is 0 Å². The fraction of sp³-hybridized carbons (Fsp3) is 0.318. The van der Waals surface area contributed by atoms with Gasteiger partial charge in [0.25, 0.3) is 5.91 Å². The van der Waals surface area contributed by atoms with Crippen LogP contribution >= 0.6 is 0 Å². The normalized spacial score (nSPS) is 17.9. The van der Waals surface area contributed by atoms with Gasteiger partial charge < -0.3 is 20.4 Å². The van der Waals surface area contributed by atoms with Crippen molar-refractivity contribution in [2.75, 3.05) is 13.2 Å². The molecule has 2 aromatic carbocycles. The Kier molecular flexibility index (Phi) is 4.28. The number of hydrogen-bond acceptors (Lipinski definition) is 3. The van der Waals surface area contributed by atoms with Gasteiger partial charge in [-0.1, -0.05) is 6.07 Å². The molecule has 5 rings (SSSR count). The first-order chi connectivity index (χ1) is 13.7. The number of H-pyrrole nitrogens is 1. The van der Waals surface area contributed by atoms with Crippen molar-refractivity contribution in [1.29, 1.82) is 0 Å². The van der Waals surface area contributed by atoms with Gasteiger partial charge in [0, 0.05) is 35.2 Å². The van der Waals surface area contributed by atoms with E-state index in [9.17, 15) is 9.18 Å². The average molecular weight is 379 g/mol. The summed E-state index contributed by atoms with van der Waals surface area (Å²) in [5.41, 5.74) is 4.97. The summed E-state index contributed by atoms with van der Waals surface area (Å²) in [6.45, 7) is 2.04. The first-order valence-corrected chi connectivity index (χ1v) is 9.73. The summed E-state index contributed by atoms with van der Waals surface area (Å²) >= 11 is 0. The van der Waals surface area contributed by atoms with E-state index in [-0.39, 0.29) is 17.8 Å². The summed E-state index contributed by atoms with van der Waals surface area (Å²) in [7, 11) is 0. The van der Waals surface area contributed by atoms with Crippen LogP contribution in [0.3, 0.4) is 0 Å². The third-order valence-electron chi connectivity index (χ3n) is 5.70. The number of ether oxygens (including phenoxy) is 1. The maximum absolute atomic E-state index is 13.5. The second-order valence-electron chi connectivity index (χ2n) is 7.53. The molecule has 3 heterocycles. The molecule has 1 aromatic heterocycles. The largest absolute Gasteiger partial charge is 0.492 e. The number of aryl methyl sites for hydroxylation is 1. The lowest BCUT2D eigenvalue weighted by molar-refractivity contribution is 0.0963. The first kappa shape index (κ1) is 17.3. The average Bonchev–Trinajstić information content (AvgIpc) is 3.28. The van der Waals surface area contributed by atoms with Gasteiger partial charge in [-0.3, -0.25) is 4.79 Å². The van der Waals surface area contributed by atoms with Gasteiger partial charge in [0.2, 0.25) is 0 Å². The smallest absolute Gasteiger partial charge is 0.252 e. The number of benzene rings is 2. The molecule has 6 heteroatoms. The third kappa shape index (κ3) is 3.03. The number of amides is 1. The summed E-state index contributed by atoms with van der Waals surface area (Å²) in [6, 6.07) is 8.98. The Hall–Kier alpha value is -2.86. The van der Waals surface area contributed by atoms with Crippen molar-refractivity contribution in [2.45, 2.75) is 31.8 Å². The zero-order chi connectivity index (χ0) is 19.1. The minimum atomic E-state index is -0.207. The van der Waals surface area contributed by atoms with E-state index in [0.29, 0.717) is 13.2 Å². The molecule has 0 bridgehead atoms. The molecule has 0 saturated heterocycles. The van der Waals surface area contributed by atoms with E-state index in [0.717, 1.165) is 64.7 Å². The molecule has 1 atom stereocenters. The predicted octanol–water partition coefficient (Wildman–Crippen LogP) is 3.08. The van der Waals surface area contributed by atoms with E-state index in [4.69, 9.17) is 4.74 Å². The van der Waals surface area contributed by atoms with Gasteiger partial charge in [-0.15, -0.1) is 0 Å². The maximum atomic E-state index is 13.5. The topological polar surface area (TPSA) is 66.2 Å². The third-order valence-corrected chi connectivity index (χ3v) is 5.70. The Labute approximate surface area is 162 Å². The Bertz CT molecular complexity index is 1060. The molecule has 144 valence electrons. The Morgan fingerprint density at radius 2 is 2.18 bits per heavy atom.